The molecule has 1 aliphatic heterocycles. The normalized spacial score (nSPS) is 11.9. The highest BCUT2D eigenvalue weighted by atomic mass is 16.5. The van der Waals surface area contributed by atoms with Gasteiger partial charge in [-0.05, 0) is 77.0 Å². The second kappa shape index (κ2) is 12.9. The van der Waals surface area contributed by atoms with E-state index in [0.29, 0.717) is 0 Å². The lowest BCUT2D eigenvalue weighted by Crippen LogP contribution is -2.12. The average Bonchev–Trinajstić information content (AvgIpc) is 3.67. The van der Waals surface area contributed by atoms with E-state index < -0.39 is 0 Å². The van der Waals surface area contributed by atoms with Crippen molar-refractivity contribution >= 4 is 88.4 Å². The molecule has 0 N–H and O–H groups in total. The minimum absolute atomic E-state index is 0.827. The Morgan fingerprint density at radius 3 is 1.76 bits per heavy atom. The first-order chi connectivity index (χ1) is 28.8. The van der Waals surface area contributed by atoms with Crippen molar-refractivity contribution in [2.75, 3.05) is 9.80 Å². The Kier molecular flexibility index (Phi) is 7.20. The molecule has 0 atom stereocenters. The fourth-order valence-corrected chi connectivity index (χ4v) is 9.07. The van der Waals surface area contributed by atoms with Crippen molar-refractivity contribution < 1.29 is 9.15 Å². The summed E-state index contributed by atoms with van der Waals surface area (Å²) in [6.07, 6.45) is 0. The summed E-state index contributed by atoms with van der Waals surface area (Å²) in [6.45, 7) is 0. The molecule has 0 fully saturated rings. The third kappa shape index (κ3) is 4.95. The van der Waals surface area contributed by atoms with Gasteiger partial charge in [0.1, 0.15) is 17.1 Å². The highest BCUT2D eigenvalue weighted by molar-refractivity contribution is 6.28. The molecule has 58 heavy (non-hydrogen) atoms. The van der Waals surface area contributed by atoms with E-state index in [9.17, 15) is 0 Å². The molecular weight excluding hydrogens is 709 g/mol. The van der Waals surface area contributed by atoms with E-state index in [4.69, 9.17) is 9.15 Å². The lowest BCUT2D eigenvalue weighted by molar-refractivity contribution is 0.493. The average molecular weight is 743 g/mol. The third-order valence-corrected chi connectivity index (χ3v) is 11.5. The van der Waals surface area contributed by atoms with Gasteiger partial charge in [0, 0.05) is 55.3 Å². The molecule has 0 bridgehead atoms. The highest BCUT2D eigenvalue weighted by Gasteiger charge is 2.27. The number of benzene rings is 10. The van der Waals surface area contributed by atoms with Crippen LogP contribution in [0.3, 0.4) is 0 Å². The first-order valence-electron chi connectivity index (χ1n) is 19.7. The van der Waals surface area contributed by atoms with Crippen LogP contribution in [0.15, 0.2) is 211 Å². The number of hydrogen-bond donors (Lipinski definition) is 0. The number of para-hydroxylation sites is 5. The van der Waals surface area contributed by atoms with E-state index in [-0.39, 0.29) is 0 Å². The predicted octanol–water partition coefficient (Wildman–Crippen LogP) is 15.8. The van der Waals surface area contributed by atoms with E-state index in [0.717, 1.165) is 106 Å². The van der Waals surface area contributed by atoms with Crippen LogP contribution >= 0.6 is 0 Å². The molecule has 0 amide bonds. The molecule has 0 aliphatic carbocycles. The van der Waals surface area contributed by atoms with Gasteiger partial charge in [0.15, 0.2) is 5.58 Å². The zero-order valence-corrected chi connectivity index (χ0v) is 31.3. The summed E-state index contributed by atoms with van der Waals surface area (Å²) < 4.78 is 13.8. The van der Waals surface area contributed by atoms with Crippen molar-refractivity contribution in [3.8, 4) is 22.6 Å². The maximum Gasteiger partial charge on any atom is 0.159 e. The Morgan fingerprint density at radius 2 is 0.966 bits per heavy atom. The molecule has 1 aliphatic rings. The predicted molar refractivity (Wildman–Crippen MR) is 241 cm³/mol. The molecule has 0 saturated heterocycles. The number of ether oxygens (including phenoxy) is 1. The highest BCUT2D eigenvalue weighted by Crippen LogP contribution is 2.54. The topological polar surface area (TPSA) is 28.9 Å². The summed E-state index contributed by atoms with van der Waals surface area (Å²) in [5, 5.41) is 9.01. The Labute approximate surface area is 335 Å². The van der Waals surface area contributed by atoms with Gasteiger partial charge >= 0.3 is 0 Å². The molecule has 0 unspecified atom stereocenters. The van der Waals surface area contributed by atoms with Crippen LogP contribution in [0.5, 0.6) is 11.5 Å². The Balaban J connectivity index is 1.12. The molecule has 272 valence electrons. The van der Waals surface area contributed by atoms with Gasteiger partial charge in [0.2, 0.25) is 0 Å². The van der Waals surface area contributed by atoms with Crippen LogP contribution in [0.25, 0.3) is 65.4 Å². The zero-order chi connectivity index (χ0) is 38.2. The first-order valence-corrected chi connectivity index (χ1v) is 19.7. The van der Waals surface area contributed by atoms with E-state index in [1.807, 2.05) is 12.1 Å². The van der Waals surface area contributed by atoms with Gasteiger partial charge in [-0.3, -0.25) is 0 Å². The standard InChI is InChI=1S/C54H34N2O2/c1-4-16-35(17-5-1)41-22-10-12-26-45(41)56(46-27-14-24-43-42-23-11-13-28-48(42)58-54(43)46)40-32-36-30-31-37-33-47(55(38-18-6-2-7-19-38)39-20-8-3-9-21-39)44-25-15-29-49-53(44)52(37)51(36)50(34-40)57-49/h1-34H. The van der Waals surface area contributed by atoms with Gasteiger partial charge in [-0.2, -0.15) is 0 Å². The van der Waals surface area contributed by atoms with Crippen molar-refractivity contribution in [2.45, 2.75) is 0 Å². The molecule has 0 spiro atoms. The summed E-state index contributed by atoms with van der Waals surface area (Å²) in [4.78, 5) is 4.69. The SMILES string of the molecule is c1ccc(-c2ccccc2N(c2cc3c4c(ccc5cc(N(c6ccccc6)c6ccccc6)c6cccc(c6c54)O3)c2)c2cccc3c2oc2ccccc23)cc1. The van der Waals surface area contributed by atoms with Crippen LogP contribution in [-0.2, 0) is 0 Å². The molecule has 4 nitrogen and oxygen atoms in total. The van der Waals surface area contributed by atoms with E-state index in [1.54, 1.807) is 0 Å². The lowest BCUT2D eigenvalue weighted by Gasteiger charge is -2.31. The Morgan fingerprint density at radius 1 is 0.345 bits per heavy atom. The zero-order valence-electron chi connectivity index (χ0n) is 31.3. The first kappa shape index (κ1) is 32.4. The smallest absolute Gasteiger partial charge is 0.159 e. The Hall–Kier alpha value is -7.82. The minimum atomic E-state index is 0.827. The number of anilines is 6. The lowest BCUT2D eigenvalue weighted by atomic mass is 9.91. The maximum atomic E-state index is 7.08. The third-order valence-electron chi connectivity index (χ3n) is 11.5. The van der Waals surface area contributed by atoms with Crippen LogP contribution in [0.2, 0.25) is 0 Å². The van der Waals surface area contributed by atoms with Gasteiger partial charge in [0.25, 0.3) is 0 Å². The fraction of sp³-hybridized carbons (Fsp3) is 0. The summed E-state index contributed by atoms with van der Waals surface area (Å²) in [5.41, 5.74) is 10.2. The minimum Gasteiger partial charge on any atom is -0.456 e. The van der Waals surface area contributed by atoms with Gasteiger partial charge in [0.05, 0.1) is 22.7 Å². The van der Waals surface area contributed by atoms with E-state index in [1.165, 1.54) is 5.39 Å². The van der Waals surface area contributed by atoms with Gasteiger partial charge < -0.3 is 19.0 Å². The second-order valence-electron chi connectivity index (χ2n) is 14.9. The van der Waals surface area contributed by atoms with Crippen molar-refractivity contribution in [1.29, 1.82) is 0 Å². The summed E-state index contributed by atoms with van der Waals surface area (Å²) in [7, 11) is 0. The van der Waals surface area contributed by atoms with Crippen LogP contribution in [0.1, 0.15) is 0 Å². The summed E-state index contributed by atoms with van der Waals surface area (Å²) >= 11 is 0. The van der Waals surface area contributed by atoms with Crippen molar-refractivity contribution in [2.24, 2.45) is 0 Å². The van der Waals surface area contributed by atoms with Crippen LogP contribution in [0.4, 0.5) is 34.1 Å². The summed E-state index contributed by atoms with van der Waals surface area (Å²) in [5.74, 6) is 1.67. The second-order valence-corrected chi connectivity index (χ2v) is 14.9. The van der Waals surface area contributed by atoms with Crippen LogP contribution < -0.4 is 14.5 Å². The summed E-state index contributed by atoms with van der Waals surface area (Å²) in [6, 6.07) is 73.0. The van der Waals surface area contributed by atoms with Crippen LogP contribution in [0, 0.1) is 0 Å². The number of fused-ring (bicyclic) bond motifs is 3. The van der Waals surface area contributed by atoms with Gasteiger partial charge in [-0.1, -0.05) is 140 Å². The molecule has 11 aromatic rings. The molecule has 1 aromatic heterocycles. The fourth-order valence-electron chi connectivity index (χ4n) is 9.07. The number of hydrogen-bond acceptors (Lipinski definition) is 4. The molecule has 10 aromatic carbocycles. The molecule has 0 radical (unpaired) electrons. The number of furan rings is 1. The van der Waals surface area contributed by atoms with E-state index in [2.05, 4.69) is 204 Å². The number of nitrogens with zero attached hydrogens (tertiary/aromatic N) is 2. The van der Waals surface area contributed by atoms with Crippen molar-refractivity contribution in [3.63, 3.8) is 0 Å². The quantitative estimate of drug-likeness (QED) is 0.152. The molecule has 4 heteroatoms. The molecular formula is C54H34N2O2. The molecule has 0 saturated carbocycles. The largest absolute Gasteiger partial charge is 0.456 e. The van der Waals surface area contributed by atoms with Gasteiger partial charge in [-0.25, -0.2) is 0 Å². The Bertz CT molecular complexity index is 3340. The van der Waals surface area contributed by atoms with Crippen molar-refractivity contribution in [3.05, 3.63) is 206 Å². The van der Waals surface area contributed by atoms with Gasteiger partial charge in [-0.15, -0.1) is 0 Å². The maximum absolute atomic E-state index is 7.08. The molecule has 12 rings (SSSR count). The van der Waals surface area contributed by atoms with Crippen LogP contribution in [-0.4, -0.2) is 0 Å². The van der Waals surface area contributed by atoms with E-state index >= 15 is 0 Å². The molecule has 2 heterocycles. The number of rotatable bonds is 7. The van der Waals surface area contributed by atoms with Crippen molar-refractivity contribution in [1.82, 2.24) is 0 Å². The monoisotopic (exact) mass is 742 g/mol.